The lowest BCUT2D eigenvalue weighted by molar-refractivity contribution is -0.358. The van der Waals surface area contributed by atoms with Crippen molar-refractivity contribution in [3.05, 3.63) is 34.9 Å². The van der Waals surface area contributed by atoms with Crippen LogP contribution in [0.5, 0.6) is 11.5 Å². The maximum atomic E-state index is 11.2. The van der Waals surface area contributed by atoms with Gasteiger partial charge in [0.15, 0.2) is 12.4 Å². The first kappa shape index (κ1) is 34.5. The summed E-state index contributed by atoms with van der Waals surface area (Å²) in [6.07, 6.45) is -7.36. The molecule has 0 aromatic heterocycles. The molecule has 1 aromatic rings. The molecular formula is C33H50O12. The van der Waals surface area contributed by atoms with Gasteiger partial charge in [0.2, 0.25) is 6.29 Å². The van der Waals surface area contributed by atoms with E-state index in [1.807, 2.05) is 6.07 Å². The minimum atomic E-state index is -1.76. The van der Waals surface area contributed by atoms with Gasteiger partial charge in [-0.3, -0.25) is 0 Å². The van der Waals surface area contributed by atoms with Gasteiger partial charge >= 0.3 is 0 Å². The Hall–Kier alpha value is -1.84. The SMILES string of the molecule is CCCCCc1cc(O[C@@H]2OC(CO)[C@@H](O)[C@H](O)[C@H]2O[C@@H]2O[C@H](CO)[C@@H](O)[C@H](O)[C@H]2O)c2c(c1)OC(C)(C)[C@@H]1CCC(C)=C[C@@H]21. The van der Waals surface area contributed by atoms with E-state index in [2.05, 4.69) is 39.8 Å². The third kappa shape index (κ3) is 6.92. The largest absolute Gasteiger partial charge is 0.487 e. The summed E-state index contributed by atoms with van der Waals surface area (Å²) < 4.78 is 30.6. The molecule has 2 saturated heterocycles. The fraction of sp³-hybridized carbons (Fsp3) is 0.758. The summed E-state index contributed by atoms with van der Waals surface area (Å²) >= 11 is 0. The molecule has 0 bridgehead atoms. The van der Waals surface area contributed by atoms with Crippen molar-refractivity contribution >= 4 is 0 Å². The molecule has 4 aliphatic rings. The van der Waals surface area contributed by atoms with E-state index >= 15 is 0 Å². The fourth-order valence-electron chi connectivity index (χ4n) is 7.14. The van der Waals surface area contributed by atoms with Crippen LogP contribution in [0.2, 0.25) is 0 Å². The average molecular weight is 639 g/mol. The summed E-state index contributed by atoms with van der Waals surface area (Å²) in [6, 6.07) is 4.00. The highest BCUT2D eigenvalue weighted by Crippen LogP contribution is 2.54. The van der Waals surface area contributed by atoms with Gasteiger partial charge in [-0.15, -0.1) is 0 Å². The number of allylic oxidation sites excluding steroid dienone is 2. The van der Waals surface area contributed by atoms with Gasteiger partial charge in [-0.05, 0) is 64.2 Å². The van der Waals surface area contributed by atoms with Crippen LogP contribution in [0.15, 0.2) is 23.8 Å². The normalized spacial score (nSPS) is 39.3. The summed E-state index contributed by atoms with van der Waals surface area (Å²) in [4.78, 5) is 0. The van der Waals surface area contributed by atoms with Crippen LogP contribution in [0.1, 0.15) is 76.8 Å². The van der Waals surface area contributed by atoms with E-state index in [4.69, 9.17) is 23.7 Å². The Morgan fingerprint density at radius 1 is 0.867 bits per heavy atom. The number of aryl methyl sites for hydroxylation is 1. The van der Waals surface area contributed by atoms with Gasteiger partial charge in [0.05, 0.1) is 13.2 Å². The number of aliphatic hydroxyl groups is 7. The van der Waals surface area contributed by atoms with Crippen LogP contribution in [0.25, 0.3) is 0 Å². The molecule has 0 spiro atoms. The van der Waals surface area contributed by atoms with Gasteiger partial charge in [0.1, 0.15) is 59.8 Å². The number of aliphatic hydroxyl groups excluding tert-OH is 7. The Balaban J connectivity index is 1.53. The van der Waals surface area contributed by atoms with Crippen LogP contribution in [0, 0.1) is 5.92 Å². The highest BCUT2D eigenvalue weighted by molar-refractivity contribution is 5.54. The Morgan fingerprint density at radius 3 is 2.20 bits per heavy atom. The Kier molecular flexibility index (Phi) is 10.8. The molecule has 1 aromatic carbocycles. The minimum Gasteiger partial charge on any atom is -0.487 e. The van der Waals surface area contributed by atoms with Crippen LogP contribution in [-0.2, 0) is 20.6 Å². The third-order valence-corrected chi connectivity index (χ3v) is 9.79. The summed E-state index contributed by atoms with van der Waals surface area (Å²) in [5, 5.41) is 72.7. The topological polar surface area (TPSA) is 188 Å². The zero-order valence-corrected chi connectivity index (χ0v) is 26.5. The lowest BCUT2D eigenvalue weighted by atomic mass is 9.68. The van der Waals surface area contributed by atoms with E-state index < -0.39 is 80.2 Å². The number of fused-ring (bicyclic) bond motifs is 3. The highest BCUT2D eigenvalue weighted by Gasteiger charge is 2.52. The molecule has 0 radical (unpaired) electrons. The first-order chi connectivity index (χ1) is 21.4. The Bertz CT molecular complexity index is 1190. The number of benzene rings is 1. The van der Waals surface area contributed by atoms with E-state index in [-0.39, 0.29) is 11.8 Å². The molecule has 5 rings (SSSR count). The molecule has 1 unspecified atom stereocenters. The van der Waals surface area contributed by atoms with Crippen LogP contribution in [0.4, 0.5) is 0 Å². The number of rotatable bonds is 10. The molecule has 7 N–H and O–H groups in total. The number of hydrogen-bond donors (Lipinski definition) is 7. The second kappa shape index (κ2) is 14.1. The molecule has 3 aliphatic heterocycles. The maximum Gasteiger partial charge on any atom is 0.229 e. The number of unbranched alkanes of at least 4 members (excludes halogenated alkanes) is 2. The third-order valence-electron chi connectivity index (χ3n) is 9.79. The smallest absolute Gasteiger partial charge is 0.229 e. The van der Waals surface area contributed by atoms with Crippen molar-refractivity contribution < 1.29 is 59.4 Å². The van der Waals surface area contributed by atoms with E-state index in [1.54, 1.807) is 0 Å². The van der Waals surface area contributed by atoms with E-state index in [0.29, 0.717) is 11.5 Å². The van der Waals surface area contributed by atoms with Crippen molar-refractivity contribution in [1.29, 1.82) is 0 Å². The van der Waals surface area contributed by atoms with Crippen LogP contribution < -0.4 is 9.47 Å². The summed E-state index contributed by atoms with van der Waals surface area (Å²) in [7, 11) is 0. The minimum absolute atomic E-state index is 0.0326. The van der Waals surface area contributed by atoms with E-state index in [0.717, 1.165) is 49.7 Å². The second-order valence-corrected chi connectivity index (χ2v) is 13.5. The first-order valence-electron chi connectivity index (χ1n) is 16.2. The van der Waals surface area contributed by atoms with Gasteiger partial charge in [0, 0.05) is 17.4 Å². The van der Waals surface area contributed by atoms with Crippen molar-refractivity contribution in [3.63, 3.8) is 0 Å². The molecule has 1 aliphatic carbocycles. The molecule has 12 heteroatoms. The van der Waals surface area contributed by atoms with Crippen molar-refractivity contribution in [2.45, 2.75) is 139 Å². The van der Waals surface area contributed by atoms with Gasteiger partial charge in [-0.1, -0.05) is 31.4 Å². The predicted octanol–water partition coefficient (Wildman–Crippen LogP) is 1.03. The summed E-state index contributed by atoms with van der Waals surface area (Å²) in [6.45, 7) is 7.15. The zero-order valence-electron chi connectivity index (χ0n) is 26.5. The zero-order chi connectivity index (χ0) is 32.6. The summed E-state index contributed by atoms with van der Waals surface area (Å²) in [5.74, 6) is 1.27. The van der Waals surface area contributed by atoms with Crippen LogP contribution in [0.3, 0.4) is 0 Å². The van der Waals surface area contributed by atoms with Crippen molar-refractivity contribution in [1.82, 2.24) is 0 Å². The monoisotopic (exact) mass is 638 g/mol. The number of hydrogen-bond acceptors (Lipinski definition) is 12. The Morgan fingerprint density at radius 2 is 1.53 bits per heavy atom. The first-order valence-corrected chi connectivity index (χ1v) is 16.2. The highest BCUT2D eigenvalue weighted by atomic mass is 16.8. The molecule has 2 fully saturated rings. The van der Waals surface area contributed by atoms with Gasteiger partial charge in [-0.2, -0.15) is 0 Å². The molecule has 12 atom stereocenters. The average Bonchev–Trinajstić information content (AvgIpc) is 3.00. The van der Waals surface area contributed by atoms with Crippen molar-refractivity contribution in [2.75, 3.05) is 13.2 Å². The summed E-state index contributed by atoms with van der Waals surface area (Å²) in [5.41, 5.74) is 2.64. The van der Waals surface area contributed by atoms with E-state index in [9.17, 15) is 35.7 Å². The van der Waals surface area contributed by atoms with Crippen molar-refractivity contribution in [2.24, 2.45) is 5.92 Å². The molecule has 12 nitrogen and oxygen atoms in total. The van der Waals surface area contributed by atoms with Crippen LogP contribution in [-0.4, -0.2) is 116 Å². The lowest BCUT2D eigenvalue weighted by Crippen LogP contribution is -2.65. The molecule has 0 amide bonds. The molecule has 0 saturated carbocycles. The molecule has 3 heterocycles. The van der Waals surface area contributed by atoms with Gasteiger partial charge in [0.25, 0.3) is 0 Å². The lowest BCUT2D eigenvalue weighted by Gasteiger charge is -2.48. The second-order valence-electron chi connectivity index (χ2n) is 13.5. The standard InChI is InChI=1S/C33H50O12/c1-5-6-7-8-17-12-20(24-18-11-16(2)9-10-19(18)33(3,4)45-21(24)13-17)41-32-30(28(39)26(37)23(15-35)43-32)44-31-29(40)27(38)25(36)22(14-34)42-31/h11-13,18-19,22-23,25-32,34-40H,5-10,14-15H2,1-4H3/t18-,19-,22-,23?,25-,26-,27+,28+,29-,30-,31+,32-/m1/s1. The van der Waals surface area contributed by atoms with Gasteiger partial charge < -0.3 is 59.4 Å². The van der Waals surface area contributed by atoms with Gasteiger partial charge in [-0.25, -0.2) is 0 Å². The molecule has 45 heavy (non-hydrogen) atoms. The van der Waals surface area contributed by atoms with Crippen molar-refractivity contribution in [3.8, 4) is 11.5 Å². The molecular weight excluding hydrogens is 588 g/mol. The van der Waals surface area contributed by atoms with E-state index in [1.165, 1.54) is 5.57 Å². The fourth-order valence-corrected chi connectivity index (χ4v) is 7.14. The van der Waals surface area contributed by atoms with Crippen LogP contribution >= 0.6 is 0 Å². The Labute approximate surface area is 264 Å². The molecule has 254 valence electrons. The quantitative estimate of drug-likeness (QED) is 0.143. The number of ether oxygens (including phenoxy) is 5. The maximum absolute atomic E-state index is 11.2. The predicted molar refractivity (Wildman–Crippen MR) is 161 cm³/mol.